The minimum Gasteiger partial charge on any atom is -0.513 e. The maximum Gasteiger partial charge on any atom is 0.0891 e. The SMILES string of the molecule is CC.C\C=C/C=C(C)/C(C)=C/C=C(\C)O. The van der Waals surface area contributed by atoms with Gasteiger partial charge in [0.2, 0.25) is 0 Å². The molecule has 0 aromatic heterocycles. The van der Waals surface area contributed by atoms with Gasteiger partial charge in [0.05, 0.1) is 5.76 Å². The maximum atomic E-state index is 8.94. The van der Waals surface area contributed by atoms with E-state index in [0.717, 1.165) is 5.57 Å². The summed E-state index contributed by atoms with van der Waals surface area (Å²) >= 11 is 0. The van der Waals surface area contributed by atoms with Crippen LogP contribution >= 0.6 is 0 Å². The van der Waals surface area contributed by atoms with Crippen molar-refractivity contribution in [2.75, 3.05) is 0 Å². The minimum absolute atomic E-state index is 0.332. The van der Waals surface area contributed by atoms with Gasteiger partial charge in [-0.05, 0) is 44.9 Å². The Morgan fingerprint density at radius 3 is 1.73 bits per heavy atom. The number of rotatable bonds is 3. The van der Waals surface area contributed by atoms with Crippen LogP contribution in [0.2, 0.25) is 0 Å². The van der Waals surface area contributed by atoms with Gasteiger partial charge in [0, 0.05) is 0 Å². The van der Waals surface area contributed by atoms with Crippen LogP contribution in [0.4, 0.5) is 0 Å². The van der Waals surface area contributed by atoms with Crippen molar-refractivity contribution >= 4 is 0 Å². The van der Waals surface area contributed by atoms with Crippen LogP contribution in [0.25, 0.3) is 0 Å². The summed E-state index contributed by atoms with van der Waals surface area (Å²) in [6.45, 7) is 11.7. The van der Waals surface area contributed by atoms with Crippen LogP contribution in [-0.4, -0.2) is 5.11 Å². The van der Waals surface area contributed by atoms with Crippen LogP contribution in [0.5, 0.6) is 0 Å². The average molecular weight is 208 g/mol. The Kier molecular flexibility index (Phi) is 11.7. The molecule has 0 spiro atoms. The van der Waals surface area contributed by atoms with E-state index in [2.05, 4.69) is 0 Å². The maximum absolute atomic E-state index is 8.94. The fourth-order valence-electron chi connectivity index (χ4n) is 0.749. The van der Waals surface area contributed by atoms with Gasteiger partial charge in [0.1, 0.15) is 0 Å². The summed E-state index contributed by atoms with van der Waals surface area (Å²) < 4.78 is 0. The normalized spacial score (nSPS) is 13.9. The summed E-state index contributed by atoms with van der Waals surface area (Å²) in [5.41, 5.74) is 2.36. The average Bonchev–Trinajstić information content (AvgIpc) is 2.25. The Labute approximate surface area is 94.5 Å². The van der Waals surface area contributed by atoms with Gasteiger partial charge >= 0.3 is 0 Å². The fraction of sp³-hybridized carbons (Fsp3) is 0.429. The number of aliphatic hydroxyl groups is 1. The predicted octanol–water partition coefficient (Wildman–Crippen LogP) is 4.94. The fourth-order valence-corrected chi connectivity index (χ4v) is 0.749. The third kappa shape index (κ3) is 10.7. The van der Waals surface area contributed by atoms with E-state index in [1.54, 1.807) is 13.0 Å². The van der Waals surface area contributed by atoms with Gasteiger partial charge in [-0.25, -0.2) is 0 Å². The van der Waals surface area contributed by atoms with Crippen molar-refractivity contribution in [2.45, 2.75) is 41.5 Å². The van der Waals surface area contributed by atoms with Gasteiger partial charge < -0.3 is 5.11 Å². The van der Waals surface area contributed by atoms with Crippen LogP contribution < -0.4 is 0 Å². The molecule has 0 radical (unpaired) electrons. The second kappa shape index (κ2) is 10.8. The van der Waals surface area contributed by atoms with Crippen LogP contribution in [0.15, 0.2) is 47.3 Å². The summed E-state index contributed by atoms with van der Waals surface area (Å²) in [6, 6.07) is 0. The third-order valence-electron chi connectivity index (χ3n) is 1.74. The van der Waals surface area contributed by atoms with Crippen LogP contribution in [-0.2, 0) is 0 Å². The zero-order valence-electron chi connectivity index (χ0n) is 10.8. The molecule has 86 valence electrons. The number of allylic oxidation sites excluding steroid dienone is 8. The van der Waals surface area contributed by atoms with Gasteiger partial charge in [0.15, 0.2) is 0 Å². The molecule has 1 heteroatoms. The highest BCUT2D eigenvalue weighted by Gasteiger charge is 1.88. The van der Waals surface area contributed by atoms with Gasteiger partial charge in [-0.2, -0.15) is 0 Å². The molecular formula is C14H24O. The Bertz CT molecular complexity index is 261. The first-order valence-corrected chi connectivity index (χ1v) is 5.42. The summed E-state index contributed by atoms with van der Waals surface area (Å²) in [7, 11) is 0. The highest BCUT2D eigenvalue weighted by atomic mass is 16.3. The molecule has 0 fully saturated rings. The first-order valence-electron chi connectivity index (χ1n) is 5.42. The van der Waals surface area contributed by atoms with E-state index in [-0.39, 0.29) is 0 Å². The van der Waals surface area contributed by atoms with Crippen molar-refractivity contribution in [3.8, 4) is 0 Å². The monoisotopic (exact) mass is 208 g/mol. The number of hydrogen-bond acceptors (Lipinski definition) is 1. The lowest BCUT2D eigenvalue weighted by Gasteiger charge is -1.97. The molecule has 0 rings (SSSR count). The Balaban J connectivity index is 0. The largest absolute Gasteiger partial charge is 0.513 e. The van der Waals surface area contributed by atoms with Crippen molar-refractivity contribution < 1.29 is 5.11 Å². The van der Waals surface area contributed by atoms with Crippen molar-refractivity contribution in [1.29, 1.82) is 0 Å². The van der Waals surface area contributed by atoms with E-state index in [1.165, 1.54) is 5.57 Å². The summed E-state index contributed by atoms with van der Waals surface area (Å²) in [6.07, 6.45) is 9.64. The zero-order chi connectivity index (χ0) is 12.3. The lowest BCUT2D eigenvalue weighted by atomic mass is 10.1. The highest BCUT2D eigenvalue weighted by Crippen LogP contribution is 2.08. The third-order valence-corrected chi connectivity index (χ3v) is 1.74. The molecule has 0 heterocycles. The molecule has 0 aliphatic heterocycles. The molecule has 15 heavy (non-hydrogen) atoms. The predicted molar refractivity (Wildman–Crippen MR) is 70.1 cm³/mol. The standard InChI is InChI=1S/C12H18O.C2H6/c1-5-6-7-10(2)11(3)8-9-12(4)13;1-2/h5-9,13H,1-4H3;1-2H3/b6-5-,10-7+,11-8+,12-9+;. The van der Waals surface area contributed by atoms with Gasteiger partial charge in [0.25, 0.3) is 0 Å². The van der Waals surface area contributed by atoms with E-state index < -0.39 is 0 Å². The summed E-state index contributed by atoms with van der Waals surface area (Å²) in [5, 5.41) is 8.94. The number of hydrogen-bond donors (Lipinski definition) is 1. The molecule has 0 bridgehead atoms. The molecular weight excluding hydrogens is 184 g/mol. The van der Waals surface area contributed by atoms with E-state index in [9.17, 15) is 0 Å². The van der Waals surface area contributed by atoms with Gasteiger partial charge in [-0.3, -0.25) is 0 Å². The Morgan fingerprint density at radius 1 is 0.867 bits per heavy atom. The molecule has 0 saturated carbocycles. The minimum atomic E-state index is 0.332. The lowest BCUT2D eigenvalue weighted by Crippen LogP contribution is -1.78. The second-order valence-corrected chi connectivity index (χ2v) is 3.03. The molecule has 0 aliphatic carbocycles. The molecule has 1 N–H and O–H groups in total. The second-order valence-electron chi connectivity index (χ2n) is 3.03. The van der Waals surface area contributed by atoms with Crippen LogP contribution in [0.1, 0.15) is 41.5 Å². The van der Waals surface area contributed by atoms with Crippen LogP contribution in [0, 0.1) is 0 Å². The summed E-state index contributed by atoms with van der Waals surface area (Å²) in [4.78, 5) is 0. The topological polar surface area (TPSA) is 20.2 Å². The molecule has 0 aromatic carbocycles. The van der Waals surface area contributed by atoms with Gasteiger partial charge in [-0.15, -0.1) is 0 Å². The molecule has 0 aromatic rings. The zero-order valence-corrected chi connectivity index (χ0v) is 10.8. The van der Waals surface area contributed by atoms with E-state index in [0.29, 0.717) is 5.76 Å². The van der Waals surface area contributed by atoms with Crippen molar-refractivity contribution in [3.05, 3.63) is 47.3 Å². The number of aliphatic hydroxyl groups excluding tert-OH is 1. The highest BCUT2D eigenvalue weighted by molar-refractivity contribution is 5.33. The van der Waals surface area contributed by atoms with E-state index in [4.69, 9.17) is 5.11 Å². The first kappa shape index (κ1) is 16.2. The van der Waals surface area contributed by atoms with Gasteiger partial charge in [-0.1, -0.05) is 38.2 Å². The molecule has 0 atom stereocenters. The summed E-state index contributed by atoms with van der Waals surface area (Å²) in [5.74, 6) is 0.332. The van der Waals surface area contributed by atoms with Crippen molar-refractivity contribution in [2.24, 2.45) is 0 Å². The first-order chi connectivity index (χ1) is 7.07. The lowest BCUT2D eigenvalue weighted by molar-refractivity contribution is 0.414. The molecule has 0 aliphatic rings. The van der Waals surface area contributed by atoms with Crippen molar-refractivity contribution in [3.63, 3.8) is 0 Å². The van der Waals surface area contributed by atoms with E-state index >= 15 is 0 Å². The van der Waals surface area contributed by atoms with Crippen molar-refractivity contribution in [1.82, 2.24) is 0 Å². The smallest absolute Gasteiger partial charge is 0.0891 e. The molecule has 0 amide bonds. The molecule has 0 unspecified atom stereocenters. The molecule has 0 saturated heterocycles. The van der Waals surface area contributed by atoms with Crippen LogP contribution in [0.3, 0.4) is 0 Å². The quantitative estimate of drug-likeness (QED) is 0.514. The Hall–Kier alpha value is -1.24. The van der Waals surface area contributed by atoms with E-state index in [1.807, 2.05) is 58.9 Å². The molecule has 1 nitrogen and oxygen atoms in total. The Morgan fingerprint density at radius 2 is 1.33 bits per heavy atom.